The largest absolute Gasteiger partial charge is 0.491 e. The van der Waals surface area contributed by atoms with Crippen LogP contribution in [0.5, 0.6) is 5.75 Å². The van der Waals surface area contributed by atoms with Gasteiger partial charge in [0.2, 0.25) is 0 Å². The number of aliphatic hydroxyl groups is 1. The molecule has 2 N–H and O–H groups in total. The van der Waals surface area contributed by atoms with Crippen LogP contribution in [0.4, 0.5) is 0 Å². The van der Waals surface area contributed by atoms with Crippen LogP contribution in [0.3, 0.4) is 0 Å². The SMILES string of the molecule is CNC(CO)(COc1cc(C)ccc1C)c1ccccc1. The Bertz CT molecular complexity index is 577. The molecular formula is C18H23NO2. The second-order valence-corrected chi connectivity index (χ2v) is 5.41. The molecule has 0 amide bonds. The third-order valence-electron chi connectivity index (χ3n) is 3.89. The quantitative estimate of drug-likeness (QED) is 0.857. The van der Waals surface area contributed by atoms with E-state index in [1.807, 2.05) is 63.4 Å². The average molecular weight is 285 g/mol. The van der Waals surface area contributed by atoms with Crippen molar-refractivity contribution >= 4 is 0 Å². The molecule has 0 bridgehead atoms. The minimum atomic E-state index is -0.600. The Balaban J connectivity index is 2.23. The van der Waals surface area contributed by atoms with Crippen LogP contribution in [0.25, 0.3) is 0 Å². The lowest BCUT2D eigenvalue weighted by Gasteiger charge is -2.32. The molecule has 0 heterocycles. The topological polar surface area (TPSA) is 41.5 Å². The summed E-state index contributed by atoms with van der Waals surface area (Å²) < 4.78 is 6.00. The molecule has 0 saturated carbocycles. The molecule has 0 aliphatic carbocycles. The van der Waals surface area contributed by atoms with Crippen molar-refractivity contribution in [3.63, 3.8) is 0 Å². The van der Waals surface area contributed by atoms with Crippen LogP contribution >= 0.6 is 0 Å². The standard InChI is InChI=1S/C18H23NO2/c1-14-9-10-15(2)17(11-14)21-13-18(12-20,19-3)16-7-5-4-6-8-16/h4-11,19-20H,12-13H2,1-3H3. The fourth-order valence-corrected chi connectivity index (χ4v) is 2.34. The molecule has 2 aromatic carbocycles. The lowest BCUT2D eigenvalue weighted by Crippen LogP contribution is -2.48. The molecular weight excluding hydrogens is 262 g/mol. The molecule has 0 saturated heterocycles. The Morgan fingerprint density at radius 1 is 1.10 bits per heavy atom. The summed E-state index contributed by atoms with van der Waals surface area (Å²) in [5, 5.41) is 13.1. The zero-order valence-electron chi connectivity index (χ0n) is 12.9. The second kappa shape index (κ2) is 6.74. The summed E-state index contributed by atoms with van der Waals surface area (Å²) in [6, 6.07) is 16.0. The Hall–Kier alpha value is -1.84. The van der Waals surface area contributed by atoms with E-state index in [1.165, 1.54) is 0 Å². The summed E-state index contributed by atoms with van der Waals surface area (Å²) in [6.45, 7) is 4.41. The number of aliphatic hydroxyl groups excluding tert-OH is 1. The van der Waals surface area contributed by atoms with Crippen molar-refractivity contribution in [2.75, 3.05) is 20.3 Å². The Kier molecular flexibility index (Phi) is 4.99. The van der Waals surface area contributed by atoms with E-state index in [1.54, 1.807) is 0 Å². The van der Waals surface area contributed by atoms with Crippen LogP contribution in [-0.2, 0) is 5.54 Å². The van der Waals surface area contributed by atoms with Crippen molar-refractivity contribution in [1.82, 2.24) is 5.32 Å². The van der Waals surface area contributed by atoms with Gasteiger partial charge in [0.05, 0.1) is 6.61 Å². The number of benzene rings is 2. The zero-order valence-corrected chi connectivity index (χ0v) is 12.9. The fourth-order valence-electron chi connectivity index (χ4n) is 2.34. The van der Waals surface area contributed by atoms with Crippen molar-refractivity contribution in [2.24, 2.45) is 0 Å². The summed E-state index contributed by atoms with van der Waals surface area (Å²) in [5.74, 6) is 0.860. The lowest BCUT2D eigenvalue weighted by atomic mass is 9.91. The Morgan fingerprint density at radius 2 is 1.81 bits per heavy atom. The molecule has 0 fully saturated rings. The van der Waals surface area contributed by atoms with Crippen LogP contribution in [0.2, 0.25) is 0 Å². The number of hydrogen-bond donors (Lipinski definition) is 2. The maximum Gasteiger partial charge on any atom is 0.122 e. The number of hydrogen-bond acceptors (Lipinski definition) is 3. The van der Waals surface area contributed by atoms with Crippen molar-refractivity contribution in [3.8, 4) is 5.75 Å². The first-order valence-corrected chi connectivity index (χ1v) is 7.16. The molecule has 3 nitrogen and oxygen atoms in total. The molecule has 0 spiro atoms. The second-order valence-electron chi connectivity index (χ2n) is 5.41. The molecule has 1 atom stereocenters. The number of aryl methyl sites for hydroxylation is 2. The fraction of sp³-hybridized carbons (Fsp3) is 0.333. The highest BCUT2D eigenvalue weighted by molar-refractivity contribution is 5.36. The number of ether oxygens (including phenoxy) is 1. The zero-order chi connectivity index (χ0) is 15.3. The molecule has 0 radical (unpaired) electrons. The van der Waals surface area contributed by atoms with Gasteiger partial charge in [-0.3, -0.25) is 0 Å². The lowest BCUT2D eigenvalue weighted by molar-refractivity contribution is 0.107. The van der Waals surface area contributed by atoms with Gasteiger partial charge in [-0.05, 0) is 43.7 Å². The van der Waals surface area contributed by atoms with Gasteiger partial charge in [0.25, 0.3) is 0 Å². The van der Waals surface area contributed by atoms with Crippen LogP contribution in [0, 0.1) is 13.8 Å². The third kappa shape index (κ3) is 3.43. The van der Waals surface area contributed by atoms with Gasteiger partial charge in [-0.15, -0.1) is 0 Å². The maximum atomic E-state index is 9.89. The van der Waals surface area contributed by atoms with Crippen molar-refractivity contribution in [3.05, 3.63) is 65.2 Å². The normalized spacial score (nSPS) is 13.7. The summed E-state index contributed by atoms with van der Waals surface area (Å²) in [7, 11) is 1.84. The monoisotopic (exact) mass is 285 g/mol. The van der Waals surface area contributed by atoms with Gasteiger partial charge < -0.3 is 15.2 Å². The van der Waals surface area contributed by atoms with E-state index in [9.17, 15) is 5.11 Å². The summed E-state index contributed by atoms with van der Waals surface area (Å²) in [4.78, 5) is 0. The van der Waals surface area contributed by atoms with E-state index in [4.69, 9.17) is 4.74 Å². The van der Waals surface area contributed by atoms with Gasteiger partial charge in [-0.1, -0.05) is 42.5 Å². The molecule has 112 valence electrons. The molecule has 0 aromatic heterocycles. The highest BCUT2D eigenvalue weighted by Crippen LogP contribution is 2.25. The molecule has 21 heavy (non-hydrogen) atoms. The van der Waals surface area contributed by atoms with Crippen LogP contribution in [0.15, 0.2) is 48.5 Å². The van der Waals surface area contributed by atoms with Gasteiger partial charge in [-0.25, -0.2) is 0 Å². The van der Waals surface area contributed by atoms with Crippen molar-refractivity contribution in [1.29, 1.82) is 0 Å². The van der Waals surface area contributed by atoms with Gasteiger partial charge in [-0.2, -0.15) is 0 Å². The van der Waals surface area contributed by atoms with E-state index < -0.39 is 5.54 Å². The molecule has 0 aliphatic heterocycles. The summed E-state index contributed by atoms with van der Waals surface area (Å²) >= 11 is 0. The molecule has 0 aliphatic rings. The first-order chi connectivity index (χ1) is 10.1. The average Bonchev–Trinajstić information content (AvgIpc) is 2.53. The first-order valence-electron chi connectivity index (χ1n) is 7.16. The number of rotatable bonds is 6. The van der Waals surface area contributed by atoms with Gasteiger partial charge in [0.1, 0.15) is 17.9 Å². The minimum absolute atomic E-state index is 0.0294. The van der Waals surface area contributed by atoms with E-state index >= 15 is 0 Å². The van der Waals surface area contributed by atoms with Crippen molar-refractivity contribution in [2.45, 2.75) is 19.4 Å². The summed E-state index contributed by atoms with van der Waals surface area (Å²) in [6.07, 6.45) is 0. The van der Waals surface area contributed by atoms with Crippen LogP contribution < -0.4 is 10.1 Å². The van der Waals surface area contributed by atoms with E-state index in [-0.39, 0.29) is 6.61 Å². The Labute approximate surface area is 126 Å². The van der Waals surface area contributed by atoms with E-state index in [2.05, 4.69) is 11.4 Å². The Morgan fingerprint density at radius 3 is 2.43 bits per heavy atom. The van der Waals surface area contributed by atoms with Crippen molar-refractivity contribution < 1.29 is 9.84 Å². The van der Waals surface area contributed by atoms with Crippen LogP contribution in [-0.4, -0.2) is 25.4 Å². The first kappa shape index (κ1) is 15.5. The summed E-state index contributed by atoms with van der Waals surface area (Å²) in [5.41, 5.74) is 2.67. The van der Waals surface area contributed by atoms with Gasteiger partial charge >= 0.3 is 0 Å². The predicted molar refractivity (Wildman–Crippen MR) is 85.7 cm³/mol. The molecule has 3 heteroatoms. The predicted octanol–water partition coefficient (Wildman–Crippen LogP) is 2.79. The molecule has 2 rings (SSSR count). The minimum Gasteiger partial charge on any atom is -0.491 e. The van der Waals surface area contributed by atoms with E-state index in [0.29, 0.717) is 6.61 Å². The maximum absolute atomic E-state index is 9.89. The number of nitrogens with one attached hydrogen (secondary N) is 1. The van der Waals surface area contributed by atoms with Gasteiger partial charge in [0.15, 0.2) is 0 Å². The molecule has 1 unspecified atom stereocenters. The highest BCUT2D eigenvalue weighted by Gasteiger charge is 2.30. The van der Waals surface area contributed by atoms with Gasteiger partial charge in [0, 0.05) is 0 Å². The highest BCUT2D eigenvalue weighted by atomic mass is 16.5. The van der Waals surface area contributed by atoms with Crippen LogP contribution in [0.1, 0.15) is 16.7 Å². The molecule has 2 aromatic rings. The number of likely N-dealkylation sites (N-methyl/N-ethyl adjacent to an activating group) is 1. The van der Waals surface area contributed by atoms with E-state index in [0.717, 1.165) is 22.4 Å². The third-order valence-corrected chi connectivity index (χ3v) is 3.89. The smallest absolute Gasteiger partial charge is 0.122 e.